The van der Waals surface area contributed by atoms with E-state index in [0.29, 0.717) is 0 Å². The summed E-state index contributed by atoms with van der Waals surface area (Å²) in [6.07, 6.45) is 3.83. The van der Waals surface area contributed by atoms with Crippen molar-refractivity contribution in [2.45, 2.75) is 19.9 Å². The molecule has 1 heterocycles. The Labute approximate surface area is 103 Å². The largest absolute Gasteiger partial charge is 0.324 e. The van der Waals surface area contributed by atoms with Gasteiger partial charge < -0.3 is 5.73 Å². The third kappa shape index (κ3) is 2.18. The minimum atomic E-state index is 0.0460. The second-order valence-electron chi connectivity index (χ2n) is 3.96. The standard InChI is InChI=1S/C12H14BrN3/c1-8-6-15-16(7-8)12-4-3-10(9(2)14)5-11(12)13/h3-7,9H,14H2,1-2H3. The number of aromatic nitrogens is 2. The summed E-state index contributed by atoms with van der Waals surface area (Å²) in [5, 5.41) is 4.28. The number of halogens is 1. The summed E-state index contributed by atoms with van der Waals surface area (Å²) in [5.74, 6) is 0. The van der Waals surface area contributed by atoms with E-state index in [2.05, 4.69) is 21.0 Å². The lowest BCUT2D eigenvalue weighted by molar-refractivity contribution is 0.812. The molecular weight excluding hydrogens is 266 g/mol. The molecule has 1 unspecified atom stereocenters. The summed E-state index contributed by atoms with van der Waals surface area (Å²) in [4.78, 5) is 0. The van der Waals surface area contributed by atoms with Crippen molar-refractivity contribution in [3.63, 3.8) is 0 Å². The molecule has 2 aromatic rings. The van der Waals surface area contributed by atoms with Gasteiger partial charge in [-0.2, -0.15) is 5.10 Å². The molecule has 0 amide bonds. The van der Waals surface area contributed by atoms with Crippen LogP contribution in [0.2, 0.25) is 0 Å². The van der Waals surface area contributed by atoms with E-state index in [1.807, 2.05) is 49.1 Å². The summed E-state index contributed by atoms with van der Waals surface area (Å²) in [7, 11) is 0. The zero-order chi connectivity index (χ0) is 11.7. The van der Waals surface area contributed by atoms with Crippen molar-refractivity contribution in [2.75, 3.05) is 0 Å². The summed E-state index contributed by atoms with van der Waals surface area (Å²) >= 11 is 3.55. The molecule has 0 aliphatic heterocycles. The average molecular weight is 280 g/mol. The van der Waals surface area contributed by atoms with Gasteiger partial charge in [-0.3, -0.25) is 0 Å². The molecule has 0 saturated carbocycles. The molecule has 2 N–H and O–H groups in total. The molecular formula is C12H14BrN3. The van der Waals surface area contributed by atoms with Crippen molar-refractivity contribution in [3.8, 4) is 5.69 Å². The fourth-order valence-electron chi connectivity index (χ4n) is 1.54. The van der Waals surface area contributed by atoms with Gasteiger partial charge in [0.1, 0.15) is 0 Å². The molecule has 3 nitrogen and oxygen atoms in total. The topological polar surface area (TPSA) is 43.8 Å². The first kappa shape index (κ1) is 11.4. The Morgan fingerprint density at radius 1 is 1.44 bits per heavy atom. The Kier molecular flexibility index (Phi) is 3.12. The second kappa shape index (κ2) is 4.39. The normalized spacial score (nSPS) is 12.8. The first-order valence-electron chi connectivity index (χ1n) is 5.14. The van der Waals surface area contributed by atoms with Gasteiger partial charge in [0, 0.05) is 16.7 Å². The second-order valence-corrected chi connectivity index (χ2v) is 4.82. The lowest BCUT2D eigenvalue weighted by Gasteiger charge is -2.09. The highest BCUT2D eigenvalue weighted by Crippen LogP contribution is 2.24. The number of nitrogens with two attached hydrogens (primary N) is 1. The van der Waals surface area contributed by atoms with Crippen LogP contribution < -0.4 is 5.73 Å². The molecule has 0 radical (unpaired) electrons. The van der Waals surface area contributed by atoms with Gasteiger partial charge in [-0.1, -0.05) is 6.07 Å². The zero-order valence-corrected chi connectivity index (χ0v) is 10.9. The summed E-state index contributed by atoms with van der Waals surface area (Å²) < 4.78 is 2.86. The van der Waals surface area contributed by atoms with E-state index >= 15 is 0 Å². The van der Waals surface area contributed by atoms with Crippen LogP contribution in [0.4, 0.5) is 0 Å². The first-order valence-corrected chi connectivity index (χ1v) is 5.94. The number of aryl methyl sites for hydroxylation is 1. The Hall–Kier alpha value is -1.13. The van der Waals surface area contributed by atoms with Gasteiger partial charge in [0.15, 0.2) is 0 Å². The summed E-state index contributed by atoms with van der Waals surface area (Å²) in [6.45, 7) is 3.99. The smallest absolute Gasteiger partial charge is 0.0787 e. The monoisotopic (exact) mass is 279 g/mol. The van der Waals surface area contributed by atoms with Crippen LogP contribution in [-0.2, 0) is 0 Å². The predicted molar refractivity (Wildman–Crippen MR) is 68.6 cm³/mol. The molecule has 2 rings (SSSR count). The van der Waals surface area contributed by atoms with Crippen LogP contribution in [0.3, 0.4) is 0 Å². The molecule has 1 aromatic carbocycles. The molecule has 0 fully saturated rings. The van der Waals surface area contributed by atoms with Gasteiger partial charge in [-0.15, -0.1) is 0 Å². The number of nitrogens with zero attached hydrogens (tertiary/aromatic N) is 2. The Balaban J connectivity index is 2.44. The highest BCUT2D eigenvalue weighted by Gasteiger charge is 2.06. The van der Waals surface area contributed by atoms with Crippen molar-refractivity contribution in [1.29, 1.82) is 0 Å². The van der Waals surface area contributed by atoms with Crippen LogP contribution in [0.1, 0.15) is 24.1 Å². The molecule has 1 aromatic heterocycles. The van der Waals surface area contributed by atoms with Crippen molar-refractivity contribution in [2.24, 2.45) is 5.73 Å². The van der Waals surface area contributed by atoms with Crippen LogP contribution in [0.15, 0.2) is 35.1 Å². The first-order chi connectivity index (χ1) is 7.58. The number of benzene rings is 1. The fourth-order valence-corrected chi connectivity index (χ4v) is 2.11. The van der Waals surface area contributed by atoms with E-state index in [-0.39, 0.29) is 6.04 Å². The SMILES string of the molecule is Cc1cnn(-c2ccc(C(C)N)cc2Br)c1. The maximum Gasteiger partial charge on any atom is 0.0787 e. The highest BCUT2D eigenvalue weighted by atomic mass is 79.9. The van der Waals surface area contributed by atoms with Crippen molar-refractivity contribution < 1.29 is 0 Å². The molecule has 16 heavy (non-hydrogen) atoms. The van der Waals surface area contributed by atoms with Gasteiger partial charge in [0.2, 0.25) is 0 Å². The van der Waals surface area contributed by atoms with E-state index in [4.69, 9.17) is 5.73 Å². The number of hydrogen-bond donors (Lipinski definition) is 1. The molecule has 1 atom stereocenters. The van der Waals surface area contributed by atoms with Gasteiger partial charge in [0.05, 0.1) is 11.9 Å². The number of hydrogen-bond acceptors (Lipinski definition) is 2. The predicted octanol–water partition coefficient (Wildman–Crippen LogP) is 2.96. The van der Waals surface area contributed by atoms with Crippen LogP contribution in [0, 0.1) is 6.92 Å². The minimum Gasteiger partial charge on any atom is -0.324 e. The third-order valence-electron chi connectivity index (χ3n) is 2.46. The van der Waals surface area contributed by atoms with Crippen LogP contribution >= 0.6 is 15.9 Å². The van der Waals surface area contributed by atoms with E-state index in [0.717, 1.165) is 21.3 Å². The van der Waals surface area contributed by atoms with Gasteiger partial charge in [0.25, 0.3) is 0 Å². The Morgan fingerprint density at radius 2 is 2.19 bits per heavy atom. The molecule has 84 valence electrons. The third-order valence-corrected chi connectivity index (χ3v) is 3.09. The van der Waals surface area contributed by atoms with E-state index < -0.39 is 0 Å². The van der Waals surface area contributed by atoms with E-state index in [1.165, 1.54) is 0 Å². The Morgan fingerprint density at radius 3 is 2.69 bits per heavy atom. The van der Waals surface area contributed by atoms with Crippen LogP contribution in [-0.4, -0.2) is 9.78 Å². The maximum absolute atomic E-state index is 5.83. The van der Waals surface area contributed by atoms with E-state index in [1.54, 1.807) is 0 Å². The molecule has 0 saturated heterocycles. The van der Waals surface area contributed by atoms with E-state index in [9.17, 15) is 0 Å². The number of rotatable bonds is 2. The van der Waals surface area contributed by atoms with Gasteiger partial charge in [-0.25, -0.2) is 4.68 Å². The van der Waals surface area contributed by atoms with Crippen molar-refractivity contribution >= 4 is 15.9 Å². The van der Waals surface area contributed by atoms with Crippen LogP contribution in [0.25, 0.3) is 5.69 Å². The molecule has 0 spiro atoms. The molecule has 0 bridgehead atoms. The van der Waals surface area contributed by atoms with Gasteiger partial charge in [-0.05, 0) is 53.0 Å². The molecule has 0 aliphatic rings. The van der Waals surface area contributed by atoms with Crippen molar-refractivity contribution in [3.05, 3.63) is 46.2 Å². The average Bonchev–Trinajstić information content (AvgIpc) is 2.64. The van der Waals surface area contributed by atoms with Crippen LogP contribution in [0.5, 0.6) is 0 Å². The molecule has 0 aliphatic carbocycles. The quantitative estimate of drug-likeness (QED) is 0.919. The summed E-state index contributed by atoms with van der Waals surface area (Å²) in [5.41, 5.74) is 9.11. The zero-order valence-electron chi connectivity index (χ0n) is 9.31. The lowest BCUT2D eigenvalue weighted by Crippen LogP contribution is -2.05. The maximum atomic E-state index is 5.83. The Bertz CT molecular complexity index is 503. The minimum absolute atomic E-state index is 0.0460. The van der Waals surface area contributed by atoms with Gasteiger partial charge >= 0.3 is 0 Å². The fraction of sp³-hybridized carbons (Fsp3) is 0.250. The lowest BCUT2D eigenvalue weighted by atomic mass is 10.1. The molecule has 4 heteroatoms. The highest BCUT2D eigenvalue weighted by molar-refractivity contribution is 9.10. The van der Waals surface area contributed by atoms with Crippen molar-refractivity contribution in [1.82, 2.24) is 9.78 Å². The summed E-state index contributed by atoms with van der Waals surface area (Å²) in [6, 6.07) is 6.14.